The van der Waals surface area contributed by atoms with Crippen molar-refractivity contribution in [1.29, 1.82) is 0 Å². The van der Waals surface area contributed by atoms with Crippen LogP contribution in [0.3, 0.4) is 0 Å². The predicted molar refractivity (Wildman–Crippen MR) is 50.8 cm³/mol. The number of amides is 2. The van der Waals surface area contributed by atoms with Gasteiger partial charge in [0, 0.05) is 11.6 Å². The molecule has 2 N–H and O–H groups in total. The average molecular weight is 205 g/mol. The van der Waals surface area contributed by atoms with Crippen molar-refractivity contribution in [2.75, 3.05) is 19.8 Å². The summed E-state index contributed by atoms with van der Waals surface area (Å²) < 4.78 is 5.10. The quantitative estimate of drug-likeness (QED) is 0.716. The highest BCUT2D eigenvalue weighted by Crippen LogP contribution is 2.02. The molecule has 0 saturated carbocycles. The van der Waals surface area contributed by atoms with Crippen LogP contribution in [-0.4, -0.2) is 31.8 Å². The van der Waals surface area contributed by atoms with Crippen molar-refractivity contribution in [2.24, 2.45) is 0 Å². The van der Waals surface area contributed by atoms with Gasteiger partial charge in [0.1, 0.15) is 0 Å². The Kier molecular flexibility index (Phi) is 4.05. The number of ether oxygens (including phenoxy) is 1. The van der Waals surface area contributed by atoms with Gasteiger partial charge in [0.05, 0.1) is 19.2 Å². The van der Waals surface area contributed by atoms with Crippen molar-refractivity contribution in [3.63, 3.8) is 0 Å². The normalized spacial score (nSPS) is 21.2. The summed E-state index contributed by atoms with van der Waals surface area (Å²) in [5, 5.41) is 5.75. The lowest BCUT2D eigenvalue weighted by atomic mass is 10.3. The van der Waals surface area contributed by atoms with Gasteiger partial charge in [0.25, 0.3) is 0 Å². The Morgan fingerprint density at radius 3 is 3.00 bits per heavy atom. The molecule has 0 aromatic heterocycles. The number of hydrogen-bond donors (Lipinski definition) is 2. The van der Waals surface area contributed by atoms with E-state index in [1.807, 2.05) is 0 Å². The summed E-state index contributed by atoms with van der Waals surface area (Å²) in [6.07, 6.45) is 0.870. The first kappa shape index (κ1) is 10.3. The van der Waals surface area contributed by atoms with Gasteiger partial charge in [0.15, 0.2) is 0 Å². The summed E-state index contributed by atoms with van der Waals surface area (Å²) in [6, 6.07) is -0.0964. The average Bonchev–Trinajstić information content (AvgIpc) is 2.53. The maximum absolute atomic E-state index is 11.1. The van der Waals surface area contributed by atoms with E-state index in [0.29, 0.717) is 24.8 Å². The van der Waals surface area contributed by atoms with E-state index in [1.54, 1.807) is 0 Å². The van der Waals surface area contributed by atoms with Crippen LogP contribution in [0, 0.1) is 0 Å². The predicted octanol–water partition coefficient (Wildman–Crippen LogP) is 0.827. The number of urea groups is 1. The third kappa shape index (κ3) is 4.15. The molecule has 1 fully saturated rings. The van der Waals surface area contributed by atoms with E-state index in [1.165, 1.54) is 0 Å². The number of hydrogen-bond acceptors (Lipinski definition) is 2. The van der Waals surface area contributed by atoms with Gasteiger partial charge < -0.3 is 15.4 Å². The summed E-state index contributed by atoms with van der Waals surface area (Å²) in [4.78, 5) is 11.1. The number of nitrogens with one attached hydrogen (secondary N) is 2. The molecule has 1 heterocycles. The second kappa shape index (κ2) is 5.09. The topological polar surface area (TPSA) is 50.4 Å². The molecule has 5 heteroatoms. The van der Waals surface area contributed by atoms with Gasteiger partial charge in [-0.1, -0.05) is 18.2 Å². The summed E-state index contributed by atoms with van der Waals surface area (Å²) in [5.41, 5.74) is 0. The molecule has 13 heavy (non-hydrogen) atoms. The molecule has 1 aliphatic heterocycles. The number of carbonyl (C=O) groups is 1. The zero-order valence-electron chi connectivity index (χ0n) is 7.31. The van der Waals surface area contributed by atoms with Crippen molar-refractivity contribution >= 4 is 17.6 Å². The molecule has 1 aliphatic rings. The summed E-state index contributed by atoms with van der Waals surface area (Å²) in [7, 11) is 0. The second-order valence-corrected chi connectivity index (χ2v) is 3.44. The molecule has 4 nitrogen and oxygen atoms in total. The molecular formula is C8H13ClN2O2. The van der Waals surface area contributed by atoms with Crippen LogP contribution in [0.2, 0.25) is 0 Å². The van der Waals surface area contributed by atoms with E-state index >= 15 is 0 Å². The maximum Gasteiger partial charge on any atom is 0.315 e. The van der Waals surface area contributed by atoms with E-state index in [2.05, 4.69) is 17.2 Å². The first-order chi connectivity index (χ1) is 6.18. The lowest BCUT2D eigenvalue weighted by Gasteiger charge is -2.11. The molecule has 1 atom stereocenters. The summed E-state index contributed by atoms with van der Waals surface area (Å²) in [5.74, 6) is 0. The standard InChI is InChI=1S/C8H13ClN2O2/c1-6(9)4-10-8(12)11-7-2-3-13-5-7/h7H,1-5H2,(H2,10,11,12). The van der Waals surface area contributed by atoms with Crippen molar-refractivity contribution in [3.8, 4) is 0 Å². The molecule has 0 radical (unpaired) electrons. The molecular weight excluding hydrogens is 192 g/mol. The molecule has 0 spiro atoms. The molecule has 1 saturated heterocycles. The molecule has 74 valence electrons. The largest absolute Gasteiger partial charge is 0.379 e. The number of halogens is 1. The smallest absolute Gasteiger partial charge is 0.315 e. The Balaban J connectivity index is 2.13. The Morgan fingerprint density at radius 1 is 1.69 bits per heavy atom. The first-order valence-corrected chi connectivity index (χ1v) is 4.51. The van der Waals surface area contributed by atoms with Crippen LogP contribution < -0.4 is 10.6 Å². The molecule has 1 unspecified atom stereocenters. The molecule has 0 aromatic rings. The molecule has 1 rings (SSSR count). The fraction of sp³-hybridized carbons (Fsp3) is 0.625. The van der Waals surface area contributed by atoms with E-state index < -0.39 is 0 Å². The van der Waals surface area contributed by atoms with Crippen LogP contribution in [0.4, 0.5) is 4.79 Å². The Bertz CT molecular complexity index is 202. The minimum absolute atomic E-state index is 0.128. The van der Waals surface area contributed by atoms with Gasteiger partial charge in [-0.15, -0.1) is 0 Å². The van der Waals surface area contributed by atoms with E-state index in [0.717, 1.165) is 6.42 Å². The van der Waals surface area contributed by atoms with Gasteiger partial charge in [-0.05, 0) is 6.42 Å². The van der Waals surface area contributed by atoms with E-state index in [-0.39, 0.29) is 12.1 Å². The molecule has 0 aromatic carbocycles. The van der Waals surface area contributed by atoms with Crippen LogP contribution >= 0.6 is 11.6 Å². The Hall–Kier alpha value is -0.740. The summed E-state index contributed by atoms with van der Waals surface area (Å²) in [6.45, 7) is 5.06. The number of carbonyl (C=O) groups excluding carboxylic acids is 1. The molecule has 0 aliphatic carbocycles. The summed E-state index contributed by atoms with van der Waals surface area (Å²) >= 11 is 5.48. The monoisotopic (exact) mass is 204 g/mol. The zero-order valence-corrected chi connectivity index (χ0v) is 8.06. The van der Waals surface area contributed by atoms with Crippen molar-refractivity contribution in [3.05, 3.63) is 11.6 Å². The third-order valence-corrected chi connectivity index (χ3v) is 1.84. The van der Waals surface area contributed by atoms with Crippen LogP contribution in [0.25, 0.3) is 0 Å². The Labute approximate surface area is 82.3 Å². The second-order valence-electron chi connectivity index (χ2n) is 2.90. The molecule has 2 amide bonds. The fourth-order valence-electron chi connectivity index (χ4n) is 1.06. The van der Waals surface area contributed by atoms with E-state index in [9.17, 15) is 4.79 Å². The SMILES string of the molecule is C=C(Cl)CNC(=O)NC1CCOC1. The highest BCUT2D eigenvalue weighted by Gasteiger charge is 2.17. The fourth-order valence-corrected chi connectivity index (χ4v) is 1.13. The van der Waals surface area contributed by atoms with Gasteiger partial charge in [-0.2, -0.15) is 0 Å². The lowest BCUT2D eigenvalue weighted by Crippen LogP contribution is -2.42. The van der Waals surface area contributed by atoms with Crippen molar-refractivity contribution < 1.29 is 9.53 Å². The highest BCUT2D eigenvalue weighted by molar-refractivity contribution is 6.29. The number of rotatable bonds is 3. The van der Waals surface area contributed by atoms with Crippen LogP contribution in [0.1, 0.15) is 6.42 Å². The van der Waals surface area contributed by atoms with Gasteiger partial charge in [-0.3, -0.25) is 0 Å². The zero-order chi connectivity index (χ0) is 9.68. The van der Waals surface area contributed by atoms with Crippen LogP contribution in [0.5, 0.6) is 0 Å². The molecule has 0 bridgehead atoms. The van der Waals surface area contributed by atoms with Crippen LogP contribution in [0.15, 0.2) is 11.6 Å². The minimum atomic E-state index is -0.225. The lowest BCUT2D eigenvalue weighted by molar-refractivity contribution is 0.188. The van der Waals surface area contributed by atoms with Crippen molar-refractivity contribution in [2.45, 2.75) is 12.5 Å². The van der Waals surface area contributed by atoms with Gasteiger partial charge in [0.2, 0.25) is 0 Å². The highest BCUT2D eigenvalue weighted by atomic mass is 35.5. The van der Waals surface area contributed by atoms with Gasteiger partial charge in [-0.25, -0.2) is 4.79 Å². The van der Waals surface area contributed by atoms with Gasteiger partial charge >= 0.3 is 6.03 Å². The maximum atomic E-state index is 11.1. The minimum Gasteiger partial charge on any atom is -0.379 e. The Morgan fingerprint density at radius 2 is 2.46 bits per heavy atom. The van der Waals surface area contributed by atoms with Crippen LogP contribution in [-0.2, 0) is 4.74 Å². The first-order valence-electron chi connectivity index (χ1n) is 4.14. The van der Waals surface area contributed by atoms with Crippen molar-refractivity contribution in [1.82, 2.24) is 10.6 Å². The van der Waals surface area contributed by atoms with E-state index in [4.69, 9.17) is 16.3 Å². The third-order valence-electron chi connectivity index (χ3n) is 1.71.